The highest BCUT2D eigenvalue weighted by Gasteiger charge is 2.49. The van der Waals surface area contributed by atoms with Gasteiger partial charge in [-0.3, -0.25) is 14.4 Å². The number of hydrogen-bond acceptors (Lipinski definition) is 4. The molecule has 122 valence electrons. The third kappa shape index (κ3) is 2.27. The smallest absolute Gasteiger partial charge is 0.247 e. The van der Waals surface area contributed by atoms with Gasteiger partial charge in [0.1, 0.15) is 6.04 Å². The van der Waals surface area contributed by atoms with Crippen molar-refractivity contribution >= 4 is 17.7 Å². The summed E-state index contributed by atoms with van der Waals surface area (Å²) in [6.45, 7) is 1.82. The summed E-state index contributed by atoms with van der Waals surface area (Å²) in [6, 6.07) is -0.524. The van der Waals surface area contributed by atoms with Crippen molar-refractivity contribution in [3.63, 3.8) is 0 Å². The molecule has 0 bridgehead atoms. The molecule has 0 aromatic carbocycles. The third-order valence-electron chi connectivity index (χ3n) is 5.21. The highest BCUT2D eigenvalue weighted by molar-refractivity contribution is 5.96. The second-order valence-corrected chi connectivity index (χ2v) is 6.62. The second kappa shape index (κ2) is 5.53. The maximum atomic E-state index is 12.9. The van der Waals surface area contributed by atoms with Crippen LogP contribution in [0.4, 0.5) is 0 Å². The molecule has 0 spiro atoms. The van der Waals surface area contributed by atoms with Crippen LogP contribution in [0.2, 0.25) is 0 Å². The summed E-state index contributed by atoms with van der Waals surface area (Å²) < 4.78 is 5.24. The predicted molar refractivity (Wildman–Crippen MR) is 77.9 cm³/mol. The fourth-order valence-corrected chi connectivity index (χ4v) is 3.74. The minimum absolute atomic E-state index is 0.0329. The predicted octanol–water partition coefficient (Wildman–Crippen LogP) is -0.685. The molecule has 1 aliphatic carbocycles. The summed E-state index contributed by atoms with van der Waals surface area (Å²) in [5.74, 6) is -0.0327. The number of ether oxygens (including phenoxy) is 1. The lowest BCUT2D eigenvalue weighted by atomic mass is 9.68. The number of carbonyl (C=O) groups excluding carboxylic acids is 3. The average molecular weight is 309 g/mol. The summed E-state index contributed by atoms with van der Waals surface area (Å²) >= 11 is 0. The molecule has 0 radical (unpaired) electrons. The summed E-state index contributed by atoms with van der Waals surface area (Å²) in [5.41, 5.74) is -0.412. The van der Waals surface area contributed by atoms with Gasteiger partial charge >= 0.3 is 0 Å². The van der Waals surface area contributed by atoms with Gasteiger partial charge in [-0.2, -0.15) is 0 Å². The minimum Gasteiger partial charge on any atom is -0.384 e. The van der Waals surface area contributed by atoms with Crippen molar-refractivity contribution in [2.24, 2.45) is 5.41 Å². The Kier molecular flexibility index (Phi) is 3.84. The first-order valence-electron chi connectivity index (χ1n) is 7.81. The van der Waals surface area contributed by atoms with Crippen LogP contribution in [0.5, 0.6) is 0 Å². The van der Waals surface area contributed by atoms with Crippen molar-refractivity contribution < 1.29 is 19.1 Å². The molecular weight excluding hydrogens is 286 g/mol. The fourth-order valence-electron chi connectivity index (χ4n) is 3.74. The largest absolute Gasteiger partial charge is 0.384 e. The Morgan fingerprint density at radius 3 is 2.64 bits per heavy atom. The van der Waals surface area contributed by atoms with E-state index in [1.807, 2.05) is 0 Å². The molecule has 3 aliphatic rings. The normalized spacial score (nSPS) is 27.5. The van der Waals surface area contributed by atoms with Crippen molar-refractivity contribution in [2.75, 3.05) is 46.9 Å². The number of likely N-dealkylation sites (N-methyl/N-ethyl adjacent to an activating group) is 1. The van der Waals surface area contributed by atoms with E-state index >= 15 is 0 Å². The Morgan fingerprint density at radius 2 is 2.05 bits per heavy atom. The second-order valence-electron chi connectivity index (χ2n) is 6.62. The standard InChI is InChI=1S/C15H23N3O4/c1-16-9-12(19)18-7-6-17(8-11(18)13(16)20)14(21)15(10-22-2)4-3-5-15/h11H,3-10H2,1-2H3/t11-/m1/s1. The van der Waals surface area contributed by atoms with Crippen LogP contribution >= 0.6 is 0 Å². The van der Waals surface area contributed by atoms with E-state index in [2.05, 4.69) is 0 Å². The highest BCUT2D eigenvalue weighted by Crippen LogP contribution is 2.43. The molecule has 3 rings (SSSR count). The van der Waals surface area contributed by atoms with Crippen molar-refractivity contribution in [1.82, 2.24) is 14.7 Å². The zero-order valence-electron chi connectivity index (χ0n) is 13.2. The molecule has 22 heavy (non-hydrogen) atoms. The Morgan fingerprint density at radius 1 is 1.32 bits per heavy atom. The monoisotopic (exact) mass is 309 g/mol. The molecular formula is C15H23N3O4. The number of nitrogens with zero attached hydrogens (tertiary/aromatic N) is 3. The number of rotatable bonds is 3. The number of piperazine rings is 2. The van der Waals surface area contributed by atoms with Gasteiger partial charge in [0.2, 0.25) is 17.7 Å². The van der Waals surface area contributed by atoms with Gasteiger partial charge in [-0.1, -0.05) is 6.42 Å². The molecule has 7 heteroatoms. The highest BCUT2D eigenvalue weighted by atomic mass is 16.5. The van der Waals surface area contributed by atoms with E-state index < -0.39 is 11.5 Å². The van der Waals surface area contributed by atoms with E-state index in [-0.39, 0.29) is 24.3 Å². The quantitative estimate of drug-likeness (QED) is 0.692. The SMILES string of the molecule is COCC1(C(=O)N2CCN3C(=O)CN(C)C(=O)[C@H]3C2)CCC1. The van der Waals surface area contributed by atoms with Crippen molar-refractivity contribution in [3.8, 4) is 0 Å². The van der Waals surface area contributed by atoms with Crippen LogP contribution < -0.4 is 0 Å². The molecule has 3 fully saturated rings. The van der Waals surface area contributed by atoms with Gasteiger partial charge in [0, 0.05) is 27.2 Å². The van der Waals surface area contributed by atoms with E-state index in [0.29, 0.717) is 26.2 Å². The number of amides is 3. The van der Waals surface area contributed by atoms with E-state index in [4.69, 9.17) is 4.74 Å². The van der Waals surface area contributed by atoms with Gasteiger partial charge in [0.15, 0.2) is 0 Å². The lowest BCUT2D eigenvalue weighted by Crippen LogP contribution is -2.68. The molecule has 2 saturated heterocycles. The Labute approximate surface area is 130 Å². The first kappa shape index (κ1) is 15.3. The molecule has 3 amide bonds. The molecule has 7 nitrogen and oxygen atoms in total. The maximum absolute atomic E-state index is 12.9. The van der Waals surface area contributed by atoms with Gasteiger partial charge in [-0.25, -0.2) is 0 Å². The molecule has 0 aromatic rings. The lowest BCUT2D eigenvalue weighted by molar-refractivity contribution is -0.165. The van der Waals surface area contributed by atoms with Crippen molar-refractivity contribution in [1.29, 1.82) is 0 Å². The minimum atomic E-state index is -0.524. The molecule has 0 N–H and O–H groups in total. The Bertz CT molecular complexity index is 503. The number of carbonyl (C=O) groups is 3. The first-order chi connectivity index (χ1) is 10.5. The van der Waals surface area contributed by atoms with Gasteiger partial charge in [-0.15, -0.1) is 0 Å². The van der Waals surface area contributed by atoms with E-state index in [1.54, 1.807) is 24.0 Å². The van der Waals surface area contributed by atoms with Crippen LogP contribution in [0.3, 0.4) is 0 Å². The van der Waals surface area contributed by atoms with Crippen LogP contribution in [-0.2, 0) is 19.1 Å². The lowest BCUT2D eigenvalue weighted by Gasteiger charge is -2.49. The molecule has 1 saturated carbocycles. The Hall–Kier alpha value is -1.63. The maximum Gasteiger partial charge on any atom is 0.247 e. The van der Waals surface area contributed by atoms with Crippen LogP contribution in [0.1, 0.15) is 19.3 Å². The fraction of sp³-hybridized carbons (Fsp3) is 0.800. The molecule has 0 aromatic heterocycles. The van der Waals surface area contributed by atoms with Crippen LogP contribution in [0.15, 0.2) is 0 Å². The van der Waals surface area contributed by atoms with Crippen molar-refractivity contribution in [3.05, 3.63) is 0 Å². The zero-order chi connectivity index (χ0) is 15.9. The zero-order valence-corrected chi connectivity index (χ0v) is 13.2. The molecule has 2 aliphatic heterocycles. The number of methoxy groups -OCH3 is 1. The number of fused-ring (bicyclic) bond motifs is 1. The van der Waals surface area contributed by atoms with Crippen LogP contribution in [0.25, 0.3) is 0 Å². The summed E-state index contributed by atoms with van der Waals surface area (Å²) in [5, 5.41) is 0. The van der Waals surface area contributed by atoms with E-state index in [1.165, 1.54) is 4.90 Å². The van der Waals surface area contributed by atoms with Gasteiger partial charge in [0.05, 0.1) is 25.1 Å². The number of hydrogen-bond donors (Lipinski definition) is 0. The Balaban J connectivity index is 1.74. The van der Waals surface area contributed by atoms with Gasteiger partial charge in [-0.05, 0) is 12.8 Å². The van der Waals surface area contributed by atoms with Crippen LogP contribution in [-0.4, -0.2) is 85.4 Å². The molecule has 1 atom stereocenters. The third-order valence-corrected chi connectivity index (χ3v) is 5.21. The molecule has 2 heterocycles. The van der Waals surface area contributed by atoms with Crippen LogP contribution in [0, 0.1) is 5.41 Å². The summed E-state index contributed by atoms with van der Waals surface area (Å²) in [4.78, 5) is 42.0. The molecule has 0 unspecified atom stereocenters. The van der Waals surface area contributed by atoms with Gasteiger partial charge < -0.3 is 19.4 Å². The topological polar surface area (TPSA) is 70.2 Å². The summed E-state index contributed by atoms with van der Waals surface area (Å²) in [6.07, 6.45) is 2.73. The van der Waals surface area contributed by atoms with E-state index in [9.17, 15) is 14.4 Å². The average Bonchev–Trinajstić information content (AvgIpc) is 2.47. The first-order valence-corrected chi connectivity index (χ1v) is 7.81. The van der Waals surface area contributed by atoms with E-state index in [0.717, 1.165) is 19.3 Å². The van der Waals surface area contributed by atoms with Gasteiger partial charge in [0.25, 0.3) is 0 Å². The van der Waals surface area contributed by atoms with Crippen molar-refractivity contribution in [2.45, 2.75) is 25.3 Å². The summed E-state index contributed by atoms with van der Waals surface area (Å²) in [7, 11) is 3.25.